The molecule has 14 nitrogen and oxygen atoms in total. The number of unbranched alkanes of at least 4 members (excludes halogenated alkanes) is 2. The molecule has 0 aliphatic heterocycles. The number of benzene rings is 4. The quantitative estimate of drug-likeness (QED) is 0.0238. The van der Waals surface area contributed by atoms with Crippen molar-refractivity contribution in [3.8, 4) is 17.2 Å². The summed E-state index contributed by atoms with van der Waals surface area (Å²) >= 11 is 0. The van der Waals surface area contributed by atoms with E-state index in [-0.39, 0.29) is 5.91 Å². The summed E-state index contributed by atoms with van der Waals surface area (Å²) in [5.74, 6) is -2.04. The monoisotopic (exact) mass is 815 g/mol. The van der Waals surface area contributed by atoms with Gasteiger partial charge < -0.3 is 39.6 Å². The largest absolute Gasteiger partial charge is 0.494 e. The van der Waals surface area contributed by atoms with Gasteiger partial charge in [-0.15, -0.1) is 0 Å². The Kier molecular flexibility index (Phi) is 18.6. The summed E-state index contributed by atoms with van der Waals surface area (Å²) < 4.78 is 26.5. The average molecular weight is 816 g/mol. The number of amides is 3. The Hall–Kier alpha value is -7.74. The van der Waals surface area contributed by atoms with Gasteiger partial charge in [0.1, 0.15) is 17.2 Å². The van der Waals surface area contributed by atoms with E-state index in [0.717, 1.165) is 12.2 Å². The molecule has 0 atom stereocenters. The minimum Gasteiger partial charge on any atom is -0.494 e. The number of rotatable bonds is 22. The first kappa shape index (κ1) is 45.0. The number of esters is 3. The smallest absolute Gasteiger partial charge is 0.336 e. The molecule has 60 heavy (non-hydrogen) atoms. The standard InChI is InChI=1S/C46H45N3O11/c1-3-42(51)58-31-7-5-29-56-38-21-19-35(20-22-38)47-41(50)27-13-33-9-15-36(16-10-33)48-45(54)46(55)49-37-17-11-34(12-18-37)14-28-44(53)60-40-25-23-39(24-26-40)57-30-6-8-32-59-43(52)4-2/h3-4,9-28H,1-2,5-8,29-32H2,(H,47,50)(H,48,54)(H,49,55)/b27-13+,28-14+. The summed E-state index contributed by atoms with van der Waals surface area (Å²) in [7, 11) is 0. The highest BCUT2D eigenvalue weighted by Gasteiger charge is 2.14. The lowest BCUT2D eigenvalue weighted by molar-refractivity contribution is -0.138. The molecule has 0 radical (unpaired) electrons. The Labute approximate surface area is 347 Å². The number of hydrogen-bond acceptors (Lipinski definition) is 11. The van der Waals surface area contributed by atoms with Crippen molar-refractivity contribution >= 4 is 64.8 Å². The number of anilines is 3. The molecule has 4 aromatic carbocycles. The normalized spacial score (nSPS) is 10.6. The Bertz CT molecular complexity index is 1990. The molecule has 0 fully saturated rings. The van der Waals surface area contributed by atoms with Crippen molar-refractivity contribution in [3.63, 3.8) is 0 Å². The zero-order chi connectivity index (χ0) is 43.0. The van der Waals surface area contributed by atoms with E-state index in [4.69, 9.17) is 23.7 Å². The topological polar surface area (TPSA) is 185 Å². The van der Waals surface area contributed by atoms with Crippen molar-refractivity contribution in [1.82, 2.24) is 0 Å². The van der Waals surface area contributed by atoms with Gasteiger partial charge in [0, 0.05) is 41.4 Å². The molecule has 4 rings (SSSR count). The lowest BCUT2D eigenvalue weighted by atomic mass is 10.2. The highest BCUT2D eigenvalue weighted by atomic mass is 16.5. The second-order valence-electron chi connectivity index (χ2n) is 12.6. The molecule has 0 aliphatic rings. The maximum atomic E-state index is 12.6. The van der Waals surface area contributed by atoms with Crippen LogP contribution in [0.25, 0.3) is 12.2 Å². The zero-order valence-corrected chi connectivity index (χ0v) is 32.8. The molecule has 0 saturated carbocycles. The van der Waals surface area contributed by atoms with Gasteiger partial charge in [0.25, 0.3) is 0 Å². The summed E-state index contributed by atoms with van der Waals surface area (Å²) in [6, 6.07) is 26.5. The maximum absolute atomic E-state index is 12.6. The number of carbonyl (C=O) groups is 6. The van der Waals surface area contributed by atoms with Crippen LogP contribution in [0.1, 0.15) is 36.8 Å². The second kappa shape index (κ2) is 24.8. The summed E-state index contributed by atoms with van der Waals surface area (Å²) in [5, 5.41) is 7.83. The number of nitrogens with one attached hydrogen (secondary N) is 3. The Morgan fingerprint density at radius 1 is 0.450 bits per heavy atom. The fraction of sp³-hybridized carbons (Fsp3) is 0.174. The highest BCUT2D eigenvalue weighted by molar-refractivity contribution is 6.43. The molecule has 4 aromatic rings. The third-order valence-corrected chi connectivity index (χ3v) is 7.98. The lowest BCUT2D eigenvalue weighted by Crippen LogP contribution is -2.29. The van der Waals surface area contributed by atoms with E-state index in [2.05, 4.69) is 29.1 Å². The van der Waals surface area contributed by atoms with E-state index in [1.54, 1.807) is 109 Å². The molecular formula is C46H45N3O11. The van der Waals surface area contributed by atoms with Crippen LogP contribution in [0.2, 0.25) is 0 Å². The SMILES string of the molecule is C=CC(=O)OCCCCOc1ccc(NC(=O)/C=C/c2ccc(NC(=O)C(=O)Nc3ccc(/C=C/C(=O)Oc4ccc(OCCCCOC(=O)C=C)cc4)cc3)cc2)cc1. The van der Waals surface area contributed by atoms with Crippen LogP contribution < -0.4 is 30.2 Å². The van der Waals surface area contributed by atoms with Crippen LogP contribution >= 0.6 is 0 Å². The third kappa shape index (κ3) is 17.2. The Morgan fingerprint density at radius 3 is 1.30 bits per heavy atom. The molecule has 0 heterocycles. The van der Waals surface area contributed by atoms with Crippen molar-refractivity contribution in [2.75, 3.05) is 42.4 Å². The summed E-state index contributed by atoms with van der Waals surface area (Å²) in [4.78, 5) is 72.0. The van der Waals surface area contributed by atoms with Gasteiger partial charge in [-0.1, -0.05) is 37.4 Å². The maximum Gasteiger partial charge on any atom is 0.336 e. The van der Waals surface area contributed by atoms with E-state index < -0.39 is 29.7 Å². The Balaban J connectivity index is 1.12. The van der Waals surface area contributed by atoms with Gasteiger partial charge in [-0.25, -0.2) is 14.4 Å². The molecular weight excluding hydrogens is 771 g/mol. The van der Waals surface area contributed by atoms with E-state index in [1.807, 2.05) is 0 Å². The molecule has 14 heteroatoms. The molecule has 0 spiro atoms. The molecule has 0 saturated heterocycles. The number of hydrogen-bond donors (Lipinski definition) is 3. The van der Waals surface area contributed by atoms with Crippen molar-refractivity contribution in [1.29, 1.82) is 0 Å². The van der Waals surface area contributed by atoms with Crippen molar-refractivity contribution in [3.05, 3.63) is 146 Å². The molecule has 0 bridgehead atoms. The van der Waals surface area contributed by atoms with E-state index >= 15 is 0 Å². The van der Waals surface area contributed by atoms with Gasteiger partial charge in [0.05, 0.1) is 26.4 Å². The number of carbonyl (C=O) groups excluding carboxylic acids is 6. The van der Waals surface area contributed by atoms with Gasteiger partial charge in [-0.2, -0.15) is 0 Å². The van der Waals surface area contributed by atoms with Crippen LogP contribution in [0.5, 0.6) is 17.2 Å². The summed E-state index contributed by atoms with van der Waals surface area (Å²) in [6.45, 7) is 8.16. The van der Waals surface area contributed by atoms with Gasteiger partial charge in [-0.3, -0.25) is 14.4 Å². The van der Waals surface area contributed by atoms with Crippen LogP contribution in [0.4, 0.5) is 17.1 Å². The first-order valence-electron chi connectivity index (χ1n) is 18.9. The minimum absolute atomic E-state index is 0.292. The first-order chi connectivity index (χ1) is 29.1. The van der Waals surface area contributed by atoms with Crippen molar-refractivity contribution < 1.29 is 52.5 Å². The van der Waals surface area contributed by atoms with Crippen LogP contribution in [-0.2, 0) is 38.2 Å². The van der Waals surface area contributed by atoms with Crippen LogP contribution in [0.3, 0.4) is 0 Å². The molecule has 0 aromatic heterocycles. The fourth-order valence-corrected chi connectivity index (χ4v) is 4.89. The van der Waals surface area contributed by atoms with Crippen molar-refractivity contribution in [2.45, 2.75) is 25.7 Å². The second-order valence-corrected chi connectivity index (χ2v) is 12.6. The average Bonchev–Trinajstić information content (AvgIpc) is 3.26. The summed E-state index contributed by atoms with van der Waals surface area (Å²) in [6.07, 6.45) is 10.7. The molecule has 310 valence electrons. The predicted octanol–water partition coefficient (Wildman–Crippen LogP) is 7.31. The van der Waals surface area contributed by atoms with E-state index in [1.165, 1.54) is 12.2 Å². The van der Waals surface area contributed by atoms with Gasteiger partial charge in [0.2, 0.25) is 5.91 Å². The first-order valence-corrected chi connectivity index (χ1v) is 18.9. The number of ether oxygens (including phenoxy) is 5. The van der Waals surface area contributed by atoms with E-state index in [9.17, 15) is 28.8 Å². The van der Waals surface area contributed by atoms with Gasteiger partial charge in [-0.05, 0) is 122 Å². The Morgan fingerprint density at radius 2 is 0.833 bits per heavy atom. The molecule has 3 amide bonds. The van der Waals surface area contributed by atoms with Crippen molar-refractivity contribution in [2.24, 2.45) is 0 Å². The molecule has 3 N–H and O–H groups in total. The van der Waals surface area contributed by atoms with Crippen LogP contribution in [0, 0.1) is 0 Å². The lowest BCUT2D eigenvalue weighted by Gasteiger charge is -2.08. The predicted molar refractivity (Wildman–Crippen MR) is 227 cm³/mol. The van der Waals surface area contributed by atoms with Crippen LogP contribution in [-0.4, -0.2) is 62.1 Å². The molecule has 0 aliphatic carbocycles. The zero-order valence-electron chi connectivity index (χ0n) is 32.8. The van der Waals surface area contributed by atoms with Crippen LogP contribution in [0.15, 0.2) is 135 Å². The van der Waals surface area contributed by atoms with Gasteiger partial charge in [0.15, 0.2) is 0 Å². The third-order valence-electron chi connectivity index (χ3n) is 7.98. The fourth-order valence-electron chi connectivity index (χ4n) is 4.89. The highest BCUT2D eigenvalue weighted by Crippen LogP contribution is 2.20. The van der Waals surface area contributed by atoms with Gasteiger partial charge >= 0.3 is 29.7 Å². The summed E-state index contributed by atoms with van der Waals surface area (Å²) in [5.41, 5.74) is 2.67. The van der Waals surface area contributed by atoms with E-state index in [0.29, 0.717) is 97.5 Å². The minimum atomic E-state index is -0.881. The molecule has 0 unspecified atom stereocenters.